The van der Waals surface area contributed by atoms with Gasteiger partial charge in [0, 0.05) is 12.5 Å². The lowest BCUT2D eigenvalue weighted by molar-refractivity contribution is -0.132. The number of ketones is 2. The van der Waals surface area contributed by atoms with Gasteiger partial charge >= 0.3 is 5.91 Å². The van der Waals surface area contributed by atoms with E-state index in [0.29, 0.717) is 39.8 Å². The third-order valence-corrected chi connectivity index (χ3v) is 7.80. The van der Waals surface area contributed by atoms with E-state index in [9.17, 15) is 19.5 Å². The van der Waals surface area contributed by atoms with Crippen LogP contribution in [-0.2, 0) is 16.2 Å². The number of hydrogen-bond donors (Lipinski definition) is 1. The van der Waals surface area contributed by atoms with E-state index in [-0.39, 0.29) is 22.2 Å². The number of aryl methyl sites for hydroxylation is 1. The van der Waals surface area contributed by atoms with Crippen LogP contribution in [0.3, 0.4) is 0 Å². The molecule has 9 heteroatoms. The summed E-state index contributed by atoms with van der Waals surface area (Å²) in [6.07, 6.45) is 0. The molecule has 1 aliphatic heterocycles. The number of methoxy groups -OCH3 is 1. The molecule has 2 heterocycles. The van der Waals surface area contributed by atoms with Crippen LogP contribution in [0.25, 0.3) is 5.76 Å². The molecule has 3 aromatic carbocycles. The highest BCUT2D eigenvalue weighted by Gasteiger charge is 2.48. The predicted octanol–water partition coefficient (Wildman–Crippen LogP) is 5.87. The first-order chi connectivity index (χ1) is 19.3. The monoisotopic (exact) mass is 554 g/mol. The van der Waals surface area contributed by atoms with Crippen LogP contribution in [0.1, 0.15) is 45.0 Å². The van der Waals surface area contributed by atoms with Crippen molar-refractivity contribution in [1.82, 2.24) is 4.98 Å². The molecule has 0 saturated carbocycles. The number of nitrogens with zero attached hydrogens (tertiary/aromatic N) is 2. The van der Waals surface area contributed by atoms with E-state index in [0.717, 1.165) is 16.9 Å². The smallest absolute Gasteiger partial charge is 0.301 e. The van der Waals surface area contributed by atoms with Crippen molar-refractivity contribution in [2.75, 3.05) is 12.0 Å². The number of aromatic nitrogens is 1. The average molecular weight is 555 g/mol. The van der Waals surface area contributed by atoms with Crippen LogP contribution < -0.4 is 14.4 Å². The number of benzene rings is 3. The lowest BCUT2D eigenvalue weighted by Crippen LogP contribution is -2.29. The fraction of sp³-hybridized carbons (Fsp3) is 0.161. The largest absolute Gasteiger partial charge is 0.507 e. The number of carbonyl (C=O) groups is 3. The summed E-state index contributed by atoms with van der Waals surface area (Å²) in [4.78, 5) is 45.2. The molecule has 5 rings (SSSR count). The van der Waals surface area contributed by atoms with Crippen molar-refractivity contribution in [2.24, 2.45) is 0 Å². The van der Waals surface area contributed by atoms with Crippen molar-refractivity contribution in [3.05, 3.63) is 112 Å². The molecule has 0 radical (unpaired) electrons. The third-order valence-electron chi connectivity index (χ3n) is 6.54. The molecule has 8 nitrogen and oxygen atoms in total. The van der Waals surface area contributed by atoms with Gasteiger partial charge in [-0.1, -0.05) is 53.8 Å². The zero-order chi connectivity index (χ0) is 28.4. The highest BCUT2D eigenvalue weighted by atomic mass is 32.1. The Hall–Kier alpha value is -4.76. The molecule has 1 aromatic heterocycles. The Bertz CT molecular complexity index is 1630. The summed E-state index contributed by atoms with van der Waals surface area (Å²) in [5.74, 6) is -1.12. The highest BCUT2D eigenvalue weighted by Crippen LogP contribution is 2.44. The molecule has 4 aromatic rings. The van der Waals surface area contributed by atoms with E-state index in [1.807, 2.05) is 30.3 Å². The Morgan fingerprint density at radius 1 is 1.00 bits per heavy atom. The van der Waals surface area contributed by atoms with Gasteiger partial charge in [0.2, 0.25) is 0 Å². The van der Waals surface area contributed by atoms with Crippen LogP contribution in [-0.4, -0.2) is 34.7 Å². The molecule has 0 aliphatic carbocycles. The van der Waals surface area contributed by atoms with Gasteiger partial charge in [-0.25, -0.2) is 4.98 Å². The van der Waals surface area contributed by atoms with E-state index in [2.05, 4.69) is 4.98 Å². The van der Waals surface area contributed by atoms with Crippen LogP contribution in [0.5, 0.6) is 11.5 Å². The van der Waals surface area contributed by atoms with Crippen LogP contribution in [0.2, 0.25) is 0 Å². The SMILES string of the molecule is COc1ccc(C(O)=C2C(=O)C(=O)N(c3nc(C)c(C(C)=O)s3)C2c2cccc(OCc3ccccc3)c2)cc1. The summed E-state index contributed by atoms with van der Waals surface area (Å²) in [6, 6.07) is 22.2. The van der Waals surface area contributed by atoms with Crippen molar-refractivity contribution in [3.63, 3.8) is 0 Å². The number of aliphatic hydroxyl groups is 1. The number of Topliss-reactive ketones (excluding diaryl/α,β-unsaturated/α-hetero) is 2. The number of thiazole rings is 1. The van der Waals surface area contributed by atoms with Crippen LogP contribution in [0.4, 0.5) is 5.13 Å². The van der Waals surface area contributed by atoms with Crippen molar-refractivity contribution in [3.8, 4) is 11.5 Å². The van der Waals surface area contributed by atoms with Gasteiger partial charge < -0.3 is 14.6 Å². The van der Waals surface area contributed by atoms with Gasteiger partial charge in [0.1, 0.15) is 23.9 Å². The minimum Gasteiger partial charge on any atom is -0.507 e. The minimum atomic E-state index is -1.01. The molecule has 1 N–H and O–H groups in total. The summed E-state index contributed by atoms with van der Waals surface area (Å²) in [5, 5.41) is 11.6. The molecular formula is C31H26N2O6S. The standard InChI is InChI=1S/C31H26N2O6S/c1-18-29(19(2)34)40-31(32-18)33-26(22-10-7-11-24(16-22)39-17-20-8-5-4-6-9-20)25(28(36)30(33)37)27(35)21-12-14-23(38-3)15-13-21/h4-16,26,35H,17H2,1-3H3. The summed E-state index contributed by atoms with van der Waals surface area (Å²) < 4.78 is 11.2. The molecular weight excluding hydrogens is 528 g/mol. The highest BCUT2D eigenvalue weighted by molar-refractivity contribution is 7.18. The number of ether oxygens (including phenoxy) is 2. The Morgan fingerprint density at radius 3 is 2.38 bits per heavy atom. The van der Waals surface area contributed by atoms with Crippen molar-refractivity contribution in [2.45, 2.75) is 26.5 Å². The second kappa shape index (κ2) is 11.2. The molecule has 202 valence electrons. The summed E-state index contributed by atoms with van der Waals surface area (Å²) in [5.41, 5.74) is 2.24. The first kappa shape index (κ1) is 26.8. The number of anilines is 1. The topological polar surface area (TPSA) is 106 Å². The fourth-order valence-corrected chi connectivity index (χ4v) is 5.57. The van der Waals surface area contributed by atoms with Crippen molar-refractivity contribution >= 4 is 39.7 Å². The van der Waals surface area contributed by atoms with E-state index < -0.39 is 17.7 Å². The molecule has 0 bridgehead atoms. The van der Waals surface area contributed by atoms with Gasteiger partial charge in [0.15, 0.2) is 10.9 Å². The summed E-state index contributed by atoms with van der Waals surface area (Å²) in [6.45, 7) is 3.43. The van der Waals surface area contributed by atoms with Crippen LogP contribution >= 0.6 is 11.3 Å². The lowest BCUT2D eigenvalue weighted by atomic mass is 9.95. The molecule has 1 saturated heterocycles. The van der Waals surface area contributed by atoms with Gasteiger partial charge in [-0.05, 0) is 54.4 Å². The Labute approximate surface area is 235 Å². The normalized spacial score (nSPS) is 16.3. The van der Waals surface area contributed by atoms with E-state index >= 15 is 0 Å². The number of carbonyl (C=O) groups excluding carboxylic acids is 3. The summed E-state index contributed by atoms with van der Waals surface area (Å²) >= 11 is 1.04. The second-order valence-electron chi connectivity index (χ2n) is 9.21. The molecule has 1 fully saturated rings. The second-order valence-corrected chi connectivity index (χ2v) is 10.2. The van der Waals surface area contributed by atoms with Gasteiger partial charge in [-0.2, -0.15) is 0 Å². The van der Waals surface area contributed by atoms with Gasteiger partial charge in [0.25, 0.3) is 5.78 Å². The maximum Gasteiger partial charge on any atom is 0.301 e. The molecule has 1 atom stereocenters. The lowest BCUT2D eigenvalue weighted by Gasteiger charge is -2.23. The molecule has 1 unspecified atom stereocenters. The van der Waals surface area contributed by atoms with Gasteiger partial charge in [0.05, 0.1) is 29.3 Å². The third kappa shape index (κ3) is 5.11. The molecule has 40 heavy (non-hydrogen) atoms. The number of aliphatic hydroxyl groups excluding tert-OH is 1. The van der Waals surface area contributed by atoms with Crippen LogP contribution in [0, 0.1) is 6.92 Å². The fourth-order valence-electron chi connectivity index (χ4n) is 4.58. The maximum absolute atomic E-state index is 13.5. The quantitative estimate of drug-likeness (QED) is 0.126. The maximum atomic E-state index is 13.5. The van der Waals surface area contributed by atoms with E-state index in [1.165, 1.54) is 18.9 Å². The van der Waals surface area contributed by atoms with Gasteiger partial charge in [-0.3, -0.25) is 19.3 Å². The zero-order valence-electron chi connectivity index (χ0n) is 22.1. The van der Waals surface area contributed by atoms with E-state index in [4.69, 9.17) is 9.47 Å². The Kier molecular flexibility index (Phi) is 7.48. The van der Waals surface area contributed by atoms with Gasteiger partial charge in [-0.15, -0.1) is 0 Å². The molecule has 1 amide bonds. The Morgan fingerprint density at radius 2 is 1.73 bits per heavy atom. The molecule has 0 spiro atoms. The minimum absolute atomic E-state index is 0.0902. The van der Waals surface area contributed by atoms with Crippen molar-refractivity contribution in [1.29, 1.82) is 0 Å². The first-order valence-electron chi connectivity index (χ1n) is 12.5. The number of rotatable bonds is 8. The summed E-state index contributed by atoms with van der Waals surface area (Å²) in [7, 11) is 1.53. The zero-order valence-corrected chi connectivity index (χ0v) is 22.9. The van der Waals surface area contributed by atoms with Crippen LogP contribution in [0.15, 0.2) is 84.4 Å². The number of hydrogen-bond acceptors (Lipinski definition) is 8. The van der Waals surface area contributed by atoms with Crippen molar-refractivity contribution < 1.29 is 29.0 Å². The Balaban J connectivity index is 1.62. The molecule has 1 aliphatic rings. The van der Waals surface area contributed by atoms with E-state index in [1.54, 1.807) is 55.5 Å². The average Bonchev–Trinajstić information content (AvgIpc) is 3.48. The predicted molar refractivity (Wildman–Crippen MR) is 152 cm³/mol. The first-order valence-corrected chi connectivity index (χ1v) is 13.3. The number of amides is 1.